The molecule has 1 N–H and O–H groups in total. The molecule has 9 nitrogen and oxygen atoms in total. The van der Waals surface area contributed by atoms with Gasteiger partial charge in [-0.1, -0.05) is 35.8 Å². The highest BCUT2D eigenvalue weighted by Crippen LogP contribution is 2.23. The average molecular weight is 419 g/mol. The van der Waals surface area contributed by atoms with Crippen LogP contribution < -0.4 is 10.9 Å². The zero-order chi connectivity index (χ0) is 21.1. The number of ether oxygens (including phenoxy) is 1. The predicted octanol–water partition coefficient (Wildman–Crippen LogP) is 3.11. The third-order valence-corrected chi connectivity index (χ3v) is 4.65. The molecular formula is C19H19ClN4O5. The molecule has 29 heavy (non-hydrogen) atoms. The number of esters is 1. The van der Waals surface area contributed by atoms with Gasteiger partial charge in [0.05, 0.1) is 17.3 Å². The van der Waals surface area contributed by atoms with Gasteiger partial charge in [-0.25, -0.2) is 4.79 Å². The van der Waals surface area contributed by atoms with Crippen LogP contribution >= 0.6 is 11.6 Å². The zero-order valence-corrected chi connectivity index (χ0v) is 16.8. The maximum absolute atomic E-state index is 13.2. The van der Waals surface area contributed by atoms with Gasteiger partial charge in [-0.15, -0.1) is 0 Å². The molecule has 0 spiro atoms. The number of benzene rings is 1. The number of aromatic nitrogens is 3. The Morgan fingerprint density at radius 3 is 2.69 bits per heavy atom. The second-order valence-corrected chi connectivity index (χ2v) is 6.57. The fraction of sp³-hybridized carbons (Fsp3) is 0.316. The fourth-order valence-corrected chi connectivity index (χ4v) is 3.17. The summed E-state index contributed by atoms with van der Waals surface area (Å²) in [6, 6.07) is 5.89. The Labute approximate surface area is 170 Å². The third-order valence-electron chi connectivity index (χ3n) is 4.32. The van der Waals surface area contributed by atoms with E-state index < -0.39 is 23.5 Å². The average Bonchev–Trinajstić information content (AvgIpc) is 3.11. The number of amides is 1. The Morgan fingerprint density at radius 1 is 1.31 bits per heavy atom. The Morgan fingerprint density at radius 2 is 2.03 bits per heavy atom. The van der Waals surface area contributed by atoms with Crippen LogP contribution in [-0.2, 0) is 9.53 Å². The van der Waals surface area contributed by atoms with E-state index in [0.29, 0.717) is 17.1 Å². The van der Waals surface area contributed by atoms with Crippen LogP contribution in [0.5, 0.6) is 0 Å². The van der Waals surface area contributed by atoms with Gasteiger partial charge in [-0.2, -0.15) is 4.98 Å². The van der Waals surface area contributed by atoms with Crippen molar-refractivity contribution in [1.82, 2.24) is 14.7 Å². The van der Waals surface area contributed by atoms with E-state index >= 15 is 0 Å². The van der Waals surface area contributed by atoms with Gasteiger partial charge in [-0.05, 0) is 32.4 Å². The number of anilines is 1. The van der Waals surface area contributed by atoms with E-state index in [2.05, 4.69) is 15.5 Å². The summed E-state index contributed by atoms with van der Waals surface area (Å²) in [6.45, 7) is 5.07. The first-order valence-corrected chi connectivity index (χ1v) is 9.37. The van der Waals surface area contributed by atoms with Gasteiger partial charge in [0.15, 0.2) is 0 Å². The minimum atomic E-state index is -0.888. The molecule has 0 aliphatic carbocycles. The molecule has 0 fully saturated rings. The molecule has 2 aromatic heterocycles. The van der Waals surface area contributed by atoms with Crippen LogP contribution in [-0.4, -0.2) is 33.2 Å². The highest BCUT2D eigenvalue weighted by atomic mass is 35.5. The third kappa shape index (κ3) is 3.86. The molecule has 3 aromatic rings. The molecule has 1 atom stereocenters. The SMILES string of the molecule is CCOC(=O)c1noc2nc(C)n([C@@H](CC)C(=O)Nc3ccccc3Cl)c(=O)c12. The Bertz CT molecular complexity index is 1140. The topological polar surface area (TPSA) is 116 Å². The first kappa shape index (κ1) is 20.5. The number of hydrogen-bond acceptors (Lipinski definition) is 7. The van der Waals surface area contributed by atoms with Gasteiger partial charge in [0.1, 0.15) is 17.3 Å². The fourth-order valence-electron chi connectivity index (χ4n) is 2.99. The molecule has 0 unspecified atom stereocenters. The first-order chi connectivity index (χ1) is 13.9. The number of carbonyl (C=O) groups is 2. The molecule has 152 valence electrons. The first-order valence-electron chi connectivity index (χ1n) is 9.00. The number of nitrogens with zero attached hydrogens (tertiary/aromatic N) is 3. The van der Waals surface area contributed by atoms with Crippen molar-refractivity contribution in [2.75, 3.05) is 11.9 Å². The zero-order valence-electron chi connectivity index (χ0n) is 16.1. The minimum Gasteiger partial charge on any atom is -0.461 e. The molecule has 2 heterocycles. The van der Waals surface area contributed by atoms with Crippen molar-refractivity contribution in [2.45, 2.75) is 33.2 Å². The number of halogens is 1. The molecule has 0 radical (unpaired) electrons. The molecule has 0 saturated carbocycles. The van der Waals surface area contributed by atoms with Crippen LogP contribution in [0.3, 0.4) is 0 Å². The lowest BCUT2D eigenvalue weighted by Crippen LogP contribution is -2.35. The molecule has 0 bridgehead atoms. The summed E-state index contributed by atoms with van der Waals surface area (Å²) in [4.78, 5) is 42.4. The summed E-state index contributed by atoms with van der Waals surface area (Å²) in [5, 5.41) is 6.59. The summed E-state index contributed by atoms with van der Waals surface area (Å²) >= 11 is 6.11. The quantitative estimate of drug-likeness (QED) is 0.611. The second kappa shape index (κ2) is 8.44. The number of fused-ring (bicyclic) bond motifs is 1. The van der Waals surface area contributed by atoms with Gasteiger partial charge in [0, 0.05) is 0 Å². The Hall–Kier alpha value is -3.20. The molecule has 3 rings (SSSR count). The van der Waals surface area contributed by atoms with Crippen LogP contribution in [0.15, 0.2) is 33.6 Å². The van der Waals surface area contributed by atoms with Crippen LogP contribution in [0.25, 0.3) is 11.1 Å². The van der Waals surface area contributed by atoms with Gasteiger partial charge in [0.25, 0.3) is 11.3 Å². The van der Waals surface area contributed by atoms with E-state index in [1.165, 1.54) is 4.57 Å². The largest absolute Gasteiger partial charge is 0.461 e. The lowest BCUT2D eigenvalue weighted by atomic mass is 10.1. The van der Waals surface area contributed by atoms with Gasteiger partial charge >= 0.3 is 5.97 Å². The maximum Gasteiger partial charge on any atom is 0.361 e. The highest BCUT2D eigenvalue weighted by molar-refractivity contribution is 6.33. The van der Waals surface area contributed by atoms with Crippen molar-refractivity contribution < 1.29 is 18.8 Å². The van der Waals surface area contributed by atoms with E-state index in [-0.39, 0.29) is 29.2 Å². The molecule has 0 saturated heterocycles. The summed E-state index contributed by atoms with van der Waals surface area (Å²) in [6.07, 6.45) is 0.296. The lowest BCUT2D eigenvalue weighted by molar-refractivity contribution is -0.119. The Kier molecular flexibility index (Phi) is 5.97. The standard InChI is InChI=1S/C19H19ClN4O5/c1-4-13(16(25)22-12-9-7-6-8-11(12)20)24-10(3)21-17-14(18(24)26)15(23-29-17)19(27)28-5-2/h6-9,13H,4-5H2,1-3H3,(H,22,25)/t13-/m0/s1. The number of para-hydroxylation sites is 1. The lowest BCUT2D eigenvalue weighted by Gasteiger charge is -2.20. The minimum absolute atomic E-state index is 0.0897. The predicted molar refractivity (Wildman–Crippen MR) is 106 cm³/mol. The van der Waals surface area contributed by atoms with E-state index in [9.17, 15) is 14.4 Å². The van der Waals surface area contributed by atoms with Crippen LogP contribution in [0.4, 0.5) is 5.69 Å². The van der Waals surface area contributed by atoms with E-state index in [0.717, 1.165) is 0 Å². The smallest absolute Gasteiger partial charge is 0.361 e. The van der Waals surface area contributed by atoms with Crippen molar-refractivity contribution in [2.24, 2.45) is 0 Å². The van der Waals surface area contributed by atoms with Crippen LogP contribution in [0, 0.1) is 6.92 Å². The van der Waals surface area contributed by atoms with Gasteiger partial charge < -0.3 is 14.6 Å². The van der Waals surface area contributed by atoms with Crippen LogP contribution in [0.1, 0.15) is 42.6 Å². The molecular weight excluding hydrogens is 400 g/mol. The maximum atomic E-state index is 13.2. The Balaban J connectivity index is 2.07. The monoisotopic (exact) mass is 418 g/mol. The molecule has 10 heteroatoms. The van der Waals surface area contributed by atoms with Crippen molar-refractivity contribution in [1.29, 1.82) is 0 Å². The van der Waals surface area contributed by atoms with E-state index in [1.807, 2.05) is 0 Å². The highest BCUT2D eigenvalue weighted by Gasteiger charge is 2.28. The number of hydrogen-bond donors (Lipinski definition) is 1. The van der Waals surface area contributed by atoms with Crippen molar-refractivity contribution in [3.05, 3.63) is 51.2 Å². The molecule has 0 aliphatic heterocycles. The van der Waals surface area contributed by atoms with Gasteiger partial charge in [0.2, 0.25) is 11.6 Å². The van der Waals surface area contributed by atoms with Crippen LogP contribution in [0.2, 0.25) is 5.02 Å². The summed E-state index contributed by atoms with van der Waals surface area (Å²) in [5.74, 6) is -0.995. The second-order valence-electron chi connectivity index (χ2n) is 6.16. The van der Waals surface area contributed by atoms with Crippen molar-refractivity contribution in [3.63, 3.8) is 0 Å². The molecule has 1 aromatic carbocycles. The summed E-state index contributed by atoms with van der Waals surface area (Å²) in [7, 11) is 0. The number of aryl methyl sites for hydroxylation is 1. The van der Waals surface area contributed by atoms with E-state index in [1.54, 1.807) is 45.0 Å². The van der Waals surface area contributed by atoms with Crippen molar-refractivity contribution in [3.8, 4) is 0 Å². The van der Waals surface area contributed by atoms with Crippen molar-refractivity contribution >= 4 is 40.3 Å². The molecule has 0 aliphatic rings. The van der Waals surface area contributed by atoms with E-state index in [4.69, 9.17) is 20.9 Å². The molecule has 1 amide bonds. The number of nitrogens with one attached hydrogen (secondary N) is 1. The normalized spacial score (nSPS) is 12.0. The van der Waals surface area contributed by atoms with Gasteiger partial charge in [-0.3, -0.25) is 14.2 Å². The summed E-state index contributed by atoms with van der Waals surface area (Å²) < 4.78 is 11.2. The number of carbonyl (C=O) groups excluding carboxylic acids is 2. The summed E-state index contributed by atoms with van der Waals surface area (Å²) in [5.41, 5.74) is -0.546. The number of rotatable bonds is 6.